The van der Waals surface area contributed by atoms with Gasteiger partial charge in [-0.1, -0.05) is 43.8 Å². The fourth-order valence-corrected chi connectivity index (χ4v) is 4.09. The molecular formula is C19H25N3O2S. The molecular weight excluding hydrogens is 334 g/mol. The average Bonchev–Trinajstić information content (AvgIpc) is 3.08. The van der Waals surface area contributed by atoms with Crippen molar-refractivity contribution in [3.8, 4) is 5.69 Å². The number of para-hydroxylation sites is 1. The Balaban J connectivity index is 1.83. The van der Waals surface area contributed by atoms with Gasteiger partial charge < -0.3 is 9.64 Å². The number of aromatic nitrogens is 2. The van der Waals surface area contributed by atoms with E-state index < -0.39 is 0 Å². The lowest BCUT2D eigenvalue weighted by Gasteiger charge is -2.31. The minimum absolute atomic E-state index is 0.150. The van der Waals surface area contributed by atoms with Crippen LogP contribution < -0.4 is 0 Å². The fourth-order valence-electron chi connectivity index (χ4n) is 2.94. The van der Waals surface area contributed by atoms with Gasteiger partial charge >= 0.3 is 0 Å². The van der Waals surface area contributed by atoms with Crippen LogP contribution in [0.5, 0.6) is 0 Å². The van der Waals surface area contributed by atoms with Gasteiger partial charge in [-0.05, 0) is 24.5 Å². The minimum Gasteiger partial charge on any atom is -0.378 e. The normalized spacial score (nSPS) is 16.2. The molecule has 1 aliphatic heterocycles. The highest BCUT2D eigenvalue weighted by molar-refractivity contribution is 8.00. The Hall–Kier alpha value is -1.79. The van der Waals surface area contributed by atoms with Gasteiger partial charge in [-0.15, -0.1) is 0 Å². The summed E-state index contributed by atoms with van der Waals surface area (Å²) in [4.78, 5) is 19.4. The number of thioether (sulfide) groups is 1. The summed E-state index contributed by atoms with van der Waals surface area (Å²) in [6, 6.07) is 8.22. The van der Waals surface area contributed by atoms with Crippen molar-refractivity contribution in [2.24, 2.45) is 5.92 Å². The number of nitrogens with zero attached hydrogens (tertiary/aromatic N) is 3. The largest absolute Gasteiger partial charge is 0.378 e. The number of imidazole rings is 1. The molecule has 0 saturated carbocycles. The average molecular weight is 359 g/mol. The van der Waals surface area contributed by atoms with Crippen molar-refractivity contribution in [3.63, 3.8) is 0 Å². The summed E-state index contributed by atoms with van der Waals surface area (Å²) in [5, 5.41) is 0.706. The number of rotatable bonds is 5. The first kappa shape index (κ1) is 18.0. The maximum Gasteiger partial charge on any atom is 0.236 e. The molecule has 1 atom stereocenters. The molecule has 1 saturated heterocycles. The van der Waals surface area contributed by atoms with E-state index in [1.165, 1.54) is 5.56 Å². The molecule has 1 aromatic heterocycles. The Morgan fingerprint density at radius 2 is 1.96 bits per heavy atom. The molecule has 134 valence electrons. The van der Waals surface area contributed by atoms with E-state index in [2.05, 4.69) is 42.5 Å². The van der Waals surface area contributed by atoms with Gasteiger partial charge in [0.25, 0.3) is 0 Å². The molecule has 0 aliphatic carbocycles. The molecule has 25 heavy (non-hydrogen) atoms. The van der Waals surface area contributed by atoms with Crippen molar-refractivity contribution in [2.45, 2.75) is 31.2 Å². The SMILES string of the molecule is Cc1ccccc1-n1ccnc1SC(C(=O)N1CCOCC1)C(C)C. The third-order valence-corrected chi connectivity index (χ3v) is 5.90. The Bertz CT molecular complexity index is 723. The van der Waals surface area contributed by atoms with E-state index in [0.717, 1.165) is 10.8 Å². The summed E-state index contributed by atoms with van der Waals surface area (Å²) >= 11 is 1.56. The van der Waals surface area contributed by atoms with Crippen molar-refractivity contribution in [2.75, 3.05) is 26.3 Å². The molecule has 1 aliphatic rings. The zero-order valence-corrected chi connectivity index (χ0v) is 15.8. The highest BCUT2D eigenvalue weighted by Gasteiger charge is 2.30. The van der Waals surface area contributed by atoms with Crippen LogP contribution >= 0.6 is 11.8 Å². The second-order valence-electron chi connectivity index (χ2n) is 6.59. The Morgan fingerprint density at radius 1 is 1.24 bits per heavy atom. The maximum atomic E-state index is 13.0. The van der Waals surface area contributed by atoms with Crippen LogP contribution in [0, 0.1) is 12.8 Å². The number of carbonyl (C=O) groups excluding carboxylic acids is 1. The van der Waals surface area contributed by atoms with Gasteiger partial charge in [-0.3, -0.25) is 9.36 Å². The number of aryl methyl sites for hydroxylation is 1. The highest BCUT2D eigenvalue weighted by Crippen LogP contribution is 2.31. The lowest BCUT2D eigenvalue weighted by Crippen LogP contribution is -2.46. The van der Waals surface area contributed by atoms with E-state index in [9.17, 15) is 4.79 Å². The molecule has 0 spiro atoms. The van der Waals surface area contributed by atoms with Crippen LogP contribution in [-0.4, -0.2) is 51.9 Å². The number of amides is 1. The molecule has 6 heteroatoms. The Labute approximate surface area is 153 Å². The second kappa shape index (κ2) is 8.06. The summed E-state index contributed by atoms with van der Waals surface area (Å²) in [7, 11) is 0. The number of hydrogen-bond donors (Lipinski definition) is 0. The summed E-state index contributed by atoms with van der Waals surface area (Å²) in [5.74, 6) is 0.407. The van der Waals surface area contributed by atoms with Crippen molar-refractivity contribution in [1.29, 1.82) is 0 Å². The molecule has 1 unspecified atom stereocenters. The van der Waals surface area contributed by atoms with Crippen LogP contribution in [0.15, 0.2) is 41.8 Å². The smallest absolute Gasteiger partial charge is 0.236 e. The van der Waals surface area contributed by atoms with Gasteiger partial charge in [0.05, 0.1) is 24.2 Å². The lowest BCUT2D eigenvalue weighted by atomic mass is 10.1. The summed E-state index contributed by atoms with van der Waals surface area (Å²) in [6.45, 7) is 8.87. The number of benzene rings is 1. The predicted molar refractivity (Wildman–Crippen MR) is 100 cm³/mol. The first-order valence-corrected chi connectivity index (χ1v) is 9.58. The summed E-state index contributed by atoms with van der Waals surface area (Å²) < 4.78 is 7.44. The van der Waals surface area contributed by atoms with Crippen LogP contribution in [0.25, 0.3) is 5.69 Å². The molecule has 0 radical (unpaired) electrons. The third-order valence-electron chi connectivity index (χ3n) is 4.39. The van der Waals surface area contributed by atoms with Gasteiger partial charge in [-0.25, -0.2) is 4.98 Å². The molecule has 5 nitrogen and oxygen atoms in total. The molecule has 1 amide bonds. The third kappa shape index (κ3) is 4.07. The van der Waals surface area contributed by atoms with E-state index in [0.29, 0.717) is 26.3 Å². The Kier molecular flexibility index (Phi) is 5.81. The van der Waals surface area contributed by atoms with Gasteiger partial charge in [0.1, 0.15) is 0 Å². The van der Waals surface area contributed by atoms with Crippen LogP contribution in [0.3, 0.4) is 0 Å². The van der Waals surface area contributed by atoms with Crippen LogP contribution in [0.1, 0.15) is 19.4 Å². The van der Waals surface area contributed by atoms with Crippen molar-refractivity contribution < 1.29 is 9.53 Å². The van der Waals surface area contributed by atoms with Crippen molar-refractivity contribution >= 4 is 17.7 Å². The van der Waals surface area contributed by atoms with Gasteiger partial charge in [0.15, 0.2) is 5.16 Å². The van der Waals surface area contributed by atoms with Gasteiger partial charge in [-0.2, -0.15) is 0 Å². The zero-order chi connectivity index (χ0) is 17.8. The topological polar surface area (TPSA) is 47.4 Å². The molecule has 1 fully saturated rings. The van der Waals surface area contributed by atoms with E-state index in [-0.39, 0.29) is 17.1 Å². The Morgan fingerprint density at radius 3 is 2.64 bits per heavy atom. The second-order valence-corrected chi connectivity index (χ2v) is 7.70. The maximum absolute atomic E-state index is 13.0. The molecule has 2 heterocycles. The minimum atomic E-state index is -0.150. The van der Waals surface area contributed by atoms with Crippen LogP contribution in [0.2, 0.25) is 0 Å². The van der Waals surface area contributed by atoms with E-state index >= 15 is 0 Å². The summed E-state index contributed by atoms with van der Waals surface area (Å²) in [6.07, 6.45) is 3.76. The molecule has 0 bridgehead atoms. The quantitative estimate of drug-likeness (QED) is 0.770. The molecule has 1 aromatic carbocycles. The standard InChI is InChI=1S/C19H25N3O2S/c1-14(2)17(18(23)21-10-12-24-13-11-21)25-19-20-8-9-22(19)16-7-5-4-6-15(16)3/h4-9,14,17H,10-13H2,1-3H3. The lowest BCUT2D eigenvalue weighted by molar-refractivity contribution is -0.135. The van der Waals surface area contributed by atoms with Crippen molar-refractivity contribution in [3.05, 3.63) is 42.2 Å². The summed E-state index contributed by atoms with van der Waals surface area (Å²) in [5.41, 5.74) is 2.28. The predicted octanol–water partition coefficient (Wildman–Crippen LogP) is 3.16. The van der Waals surface area contributed by atoms with Gasteiger partial charge in [0.2, 0.25) is 5.91 Å². The monoisotopic (exact) mass is 359 g/mol. The van der Waals surface area contributed by atoms with Gasteiger partial charge in [0, 0.05) is 25.5 Å². The first-order chi connectivity index (χ1) is 12.1. The zero-order valence-electron chi connectivity index (χ0n) is 15.0. The van der Waals surface area contributed by atoms with E-state index in [1.807, 2.05) is 23.2 Å². The first-order valence-electron chi connectivity index (χ1n) is 8.70. The fraction of sp³-hybridized carbons (Fsp3) is 0.474. The number of carbonyl (C=O) groups is 1. The van der Waals surface area contributed by atoms with Crippen molar-refractivity contribution in [1.82, 2.24) is 14.5 Å². The molecule has 0 N–H and O–H groups in total. The number of hydrogen-bond acceptors (Lipinski definition) is 4. The number of ether oxygens (including phenoxy) is 1. The molecule has 2 aromatic rings. The highest BCUT2D eigenvalue weighted by atomic mass is 32.2. The van der Waals surface area contributed by atoms with Crippen LogP contribution in [0.4, 0.5) is 0 Å². The van der Waals surface area contributed by atoms with Crippen LogP contribution in [-0.2, 0) is 9.53 Å². The molecule has 3 rings (SSSR count). The van der Waals surface area contributed by atoms with E-state index in [1.54, 1.807) is 18.0 Å². The number of morpholine rings is 1. The van der Waals surface area contributed by atoms with E-state index in [4.69, 9.17) is 4.74 Å².